The van der Waals surface area contributed by atoms with Gasteiger partial charge in [0.1, 0.15) is 5.92 Å². The number of nitrogens with one attached hydrogen (secondary N) is 1. The molecule has 1 aliphatic carbocycles. The smallest absolute Gasteiger partial charge is 0.407 e. The zero-order chi connectivity index (χ0) is 17.3. The topological polar surface area (TPSA) is 66.4 Å². The van der Waals surface area contributed by atoms with E-state index >= 15 is 0 Å². The van der Waals surface area contributed by atoms with Gasteiger partial charge in [0.15, 0.2) is 5.41 Å². The van der Waals surface area contributed by atoms with Crippen molar-refractivity contribution in [3.63, 3.8) is 0 Å². The Balaban J connectivity index is 2.50. The molecule has 2 atom stereocenters. The third-order valence-corrected chi connectivity index (χ3v) is 3.99. The minimum Gasteiger partial charge on any atom is -0.481 e. The van der Waals surface area contributed by atoms with E-state index in [4.69, 9.17) is 0 Å². The molecule has 0 spiro atoms. The molecule has 1 aromatic carbocycles. The lowest BCUT2D eigenvalue weighted by Crippen LogP contribution is -2.54. The van der Waals surface area contributed by atoms with Crippen LogP contribution in [-0.4, -0.2) is 23.2 Å². The molecular weight excluding hydrogens is 379 g/mol. The van der Waals surface area contributed by atoms with Gasteiger partial charge in [0, 0.05) is 10.2 Å². The van der Waals surface area contributed by atoms with Gasteiger partial charge >= 0.3 is 12.1 Å². The van der Waals surface area contributed by atoms with E-state index in [1.807, 2.05) is 0 Å². The predicted octanol–water partition coefficient (Wildman–Crippen LogP) is 3.72. The van der Waals surface area contributed by atoms with Crippen LogP contribution in [0.4, 0.5) is 18.9 Å². The SMILES string of the molecule is O=C(O)C1C=C(Br)C=CC1(C(=O)Nc1ccccc1)C(F)(F)F. The molecule has 0 aromatic heterocycles. The first-order valence-electron chi connectivity index (χ1n) is 6.41. The van der Waals surface area contributed by atoms with Crippen molar-refractivity contribution in [2.45, 2.75) is 6.18 Å². The van der Waals surface area contributed by atoms with Crippen LogP contribution in [0.3, 0.4) is 0 Å². The maximum atomic E-state index is 13.7. The second kappa shape index (κ2) is 6.19. The first kappa shape index (κ1) is 17.3. The van der Waals surface area contributed by atoms with Crippen LogP contribution in [0.1, 0.15) is 0 Å². The summed E-state index contributed by atoms with van der Waals surface area (Å²) in [7, 11) is 0. The average Bonchev–Trinajstić information content (AvgIpc) is 2.46. The number of anilines is 1. The molecule has 1 aromatic rings. The second-order valence-corrected chi connectivity index (χ2v) is 5.80. The fourth-order valence-electron chi connectivity index (χ4n) is 2.30. The molecule has 8 heteroatoms. The highest BCUT2D eigenvalue weighted by molar-refractivity contribution is 9.11. The summed E-state index contributed by atoms with van der Waals surface area (Å²) in [5, 5.41) is 11.3. The summed E-state index contributed by atoms with van der Waals surface area (Å²) in [4.78, 5) is 23.7. The fourth-order valence-corrected chi connectivity index (χ4v) is 2.70. The Morgan fingerprint density at radius 2 is 1.83 bits per heavy atom. The van der Waals surface area contributed by atoms with Crippen LogP contribution in [0.2, 0.25) is 0 Å². The number of hydrogen-bond acceptors (Lipinski definition) is 2. The van der Waals surface area contributed by atoms with Gasteiger partial charge in [-0.3, -0.25) is 9.59 Å². The Labute approximate surface area is 137 Å². The van der Waals surface area contributed by atoms with Gasteiger partial charge < -0.3 is 10.4 Å². The Morgan fingerprint density at radius 3 is 2.35 bits per heavy atom. The molecule has 0 bridgehead atoms. The van der Waals surface area contributed by atoms with Crippen molar-refractivity contribution in [3.05, 3.63) is 53.0 Å². The maximum absolute atomic E-state index is 13.7. The number of halogens is 4. The molecule has 2 N–H and O–H groups in total. The fraction of sp³-hybridized carbons (Fsp3) is 0.200. The highest BCUT2D eigenvalue weighted by atomic mass is 79.9. The van der Waals surface area contributed by atoms with Crippen molar-refractivity contribution in [2.24, 2.45) is 11.3 Å². The molecule has 0 saturated carbocycles. The van der Waals surface area contributed by atoms with E-state index in [0.717, 1.165) is 12.2 Å². The predicted molar refractivity (Wildman–Crippen MR) is 80.8 cm³/mol. The number of carboxylic acids is 1. The van der Waals surface area contributed by atoms with Crippen molar-refractivity contribution in [1.82, 2.24) is 0 Å². The number of carbonyl (C=O) groups is 2. The number of alkyl halides is 3. The van der Waals surface area contributed by atoms with Gasteiger partial charge in [-0.1, -0.05) is 52.4 Å². The molecule has 4 nitrogen and oxygen atoms in total. The van der Waals surface area contributed by atoms with Crippen LogP contribution in [-0.2, 0) is 9.59 Å². The molecule has 23 heavy (non-hydrogen) atoms. The van der Waals surface area contributed by atoms with E-state index in [1.165, 1.54) is 24.3 Å². The minimum absolute atomic E-state index is 0.146. The third-order valence-electron chi connectivity index (χ3n) is 3.46. The summed E-state index contributed by atoms with van der Waals surface area (Å²) < 4.78 is 41.2. The number of allylic oxidation sites excluding steroid dienone is 2. The van der Waals surface area contributed by atoms with Crippen LogP contribution < -0.4 is 5.32 Å². The minimum atomic E-state index is -5.09. The van der Waals surface area contributed by atoms with E-state index in [1.54, 1.807) is 6.07 Å². The Morgan fingerprint density at radius 1 is 1.22 bits per heavy atom. The summed E-state index contributed by atoms with van der Waals surface area (Å²) in [5.74, 6) is -5.27. The lowest BCUT2D eigenvalue weighted by atomic mass is 9.71. The van der Waals surface area contributed by atoms with Crippen LogP contribution in [0.25, 0.3) is 0 Å². The molecule has 0 radical (unpaired) electrons. The number of carboxylic acid groups (broad SMARTS) is 1. The van der Waals surface area contributed by atoms with Crippen molar-refractivity contribution in [3.8, 4) is 0 Å². The molecule has 0 saturated heterocycles. The summed E-state index contributed by atoms with van der Waals surface area (Å²) >= 11 is 2.94. The zero-order valence-electron chi connectivity index (χ0n) is 11.5. The molecule has 122 valence electrons. The largest absolute Gasteiger partial charge is 0.481 e. The maximum Gasteiger partial charge on any atom is 0.407 e. The van der Waals surface area contributed by atoms with Crippen molar-refractivity contribution >= 4 is 33.5 Å². The number of aliphatic carboxylic acids is 1. The summed E-state index contributed by atoms with van der Waals surface area (Å²) in [5.41, 5.74) is -3.04. The molecule has 0 aliphatic heterocycles. The van der Waals surface area contributed by atoms with E-state index in [0.29, 0.717) is 6.08 Å². The van der Waals surface area contributed by atoms with Crippen LogP contribution in [0.5, 0.6) is 0 Å². The highest BCUT2D eigenvalue weighted by Gasteiger charge is 2.65. The molecule has 0 fully saturated rings. The number of hydrogen-bond donors (Lipinski definition) is 2. The van der Waals surface area contributed by atoms with E-state index in [-0.39, 0.29) is 10.2 Å². The number of para-hydroxylation sites is 1. The quantitative estimate of drug-likeness (QED) is 0.827. The van der Waals surface area contributed by atoms with Gasteiger partial charge in [-0.25, -0.2) is 0 Å². The first-order valence-corrected chi connectivity index (χ1v) is 7.20. The first-order chi connectivity index (χ1) is 10.7. The third kappa shape index (κ3) is 3.17. The summed E-state index contributed by atoms with van der Waals surface area (Å²) in [6, 6.07) is 7.54. The zero-order valence-corrected chi connectivity index (χ0v) is 13.1. The number of amides is 1. The van der Waals surface area contributed by atoms with Crippen LogP contribution in [0.15, 0.2) is 53.0 Å². The lowest BCUT2D eigenvalue weighted by Gasteiger charge is -2.36. The van der Waals surface area contributed by atoms with Crippen molar-refractivity contribution < 1.29 is 27.9 Å². The number of carbonyl (C=O) groups excluding carboxylic acids is 1. The molecular formula is C15H11BrF3NO3. The van der Waals surface area contributed by atoms with Gasteiger partial charge in [0.2, 0.25) is 5.91 Å². The van der Waals surface area contributed by atoms with E-state index in [9.17, 15) is 27.9 Å². The summed E-state index contributed by atoms with van der Waals surface area (Å²) in [6.45, 7) is 0. The summed E-state index contributed by atoms with van der Waals surface area (Å²) in [6.07, 6.45) is -2.62. The number of benzene rings is 1. The van der Waals surface area contributed by atoms with Gasteiger partial charge in [-0.2, -0.15) is 13.2 Å². The molecule has 2 rings (SSSR count). The Hall–Kier alpha value is -2.09. The lowest BCUT2D eigenvalue weighted by molar-refractivity contribution is -0.218. The van der Waals surface area contributed by atoms with Crippen molar-refractivity contribution in [2.75, 3.05) is 5.32 Å². The van der Waals surface area contributed by atoms with Gasteiger partial charge in [-0.05, 0) is 12.1 Å². The van der Waals surface area contributed by atoms with Crippen LogP contribution >= 0.6 is 15.9 Å². The highest BCUT2D eigenvalue weighted by Crippen LogP contribution is 2.50. The standard InChI is InChI=1S/C15H11BrF3NO3/c16-9-6-7-14(15(17,18)19,11(8-9)12(21)22)13(23)20-10-4-2-1-3-5-10/h1-8,11H,(H,20,23)(H,21,22). The van der Waals surface area contributed by atoms with Crippen molar-refractivity contribution in [1.29, 1.82) is 0 Å². The molecule has 2 unspecified atom stereocenters. The second-order valence-electron chi connectivity index (χ2n) is 4.89. The Kier molecular flexibility index (Phi) is 4.65. The van der Waals surface area contributed by atoms with Crippen LogP contribution in [0, 0.1) is 11.3 Å². The monoisotopic (exact) mass is 389 g/mol. The Bertz CT molecular complexity index is 685. The van der Waals surface area contributed by atoms with Gasteiger partial charge in [-0.15, -0.1) is 0 Å². The van der Waals surface area contributed by atoms with E-state index in [2.05, 4.69) is 21.2 Å². The molecule has 1 aliphatic rings. The van der Waals surface area contributed by atoms with Gasteiger partial charge in [0.05, 0.1) is 0 Å². The average molecular weight is 390 g/mol. The number of rotatable bonds is 3. The normalized spacial score (nSPS) is 24.0. The van der Waals surface area contributed by atoms with E-state index < -0.39 is 29.4 Å². The molecule has 0 heterocycles. The molecule has 1 amide bonds. The van der Waals surface area contributed by atoms with Gasteiger partial charge in [0.25, 0.3) is 0 Å².